The van der Waals surface area contributed by atoms with Crippen LogP contribution in [0.5, 0.6) is 5.75 Å². The maximum Gasteiger partial charge on any atom is 1.00 e. The van der Waals surface area contributed by atoms with Crippen molar-refractivity contribution in [2.75, 3.05) is 6.61 Å². The summed E-state index contributed by atoms with van der Waals surface area (Å²) in [5.74, 6) is -0.197. The molecule has 6 nitrogen and oxygen atoms in total. The number of rotatable bonds is 4. The first-order valence-electron chi connectivity index (χ1n) is 9.57. The third-order valence-electron chi connectivity index (χ3n) is 4.07. The van der Waals surface area contributed by atoms with Gasteiger partial charge in [0.2, 0.25) is 0 Å². The summed E-state index contributed by atoms with van der Waals surface area (Å²) in [6, 6.07) is 22.3. The molecule has 2 N–H and O–H groups in total. The van der Waals surface area contributed by atoms with E-state index in [2.05, 4.69) is 16.4 Å². The summed E-state index contributed by atoms with van der Waals surface area (Å²) in [6.45, 7) is 3.60. The fraction of sp³-hybridized carbons (Fsp3) is 0.125. The number of carboxylic acids is 1. The number of hydrogen-bond donors (Lipinski definition) is 2. The minimum atomic E-state index is -0.833. The van der Waals surface area contributed by atoms with Crippen molar-refractivity contribution in [1.82, 2.24) is 5.32 Å². The second kappa shape index (κ2) is 12.5. The van der Waals surface area contributed by atoms with Crippen LogP contribution in [0.3, 0.4) is 0 Å². The SMILES string of the molecule is CC(=O)O.CCOc1c(C=C2SC(=Nc3cc[c-]cc3)NC2=O)ccc2ccccc12.[Na+]. The van der Waals surface area contributed by atoms with Crippen molar-refractivity contribution in [3.05, 3.63) is 77.2 Å². The molecule has 0 atom stereocenters. The molecule has 1 heterocycles. The molecule has 0 spiro atoms. The summed E-state index contributed by atoms with van der Waals surface area (Å²) < 4.78 is 5.90. The minimum Gasteiger partial charge on any atom is -0.493 e. The van der Waals surface area contributed by atoms with E-state index >= 15 is 0 Å². The standard InChI is InChI=1S/C22H17N2O2S.C2H4O2.Na/c1-2-26-20-16(13-12-15-8-6-7-11-18(15)20)14-19-21(25)24-22(27-19)23-17-9-4-3-5-10-17;1-2(3)4;/h4-14H,2H2,1H3,(H,23,24,25);1H3,(H,3,4);/q-1;;+1. The molecule has 158 valence electrons. The Morgan fingerprint density at radius 2 is 1.88 bits per heavy atom. The minimum absolute atomic E-state index is 0. The number of benzene rings is 3. The third-order valence-corrected chi connectivity index (χ3v) is 4.98. The van der Waals surface area contributed by atoms with Crippen molar-refractivity contribution in [2.45, 2.75) is 13.8 Å². The normalized spacial score (nSPS) is 15.0. The van der Waals surface area contributed by atoms with Gasteiger partial charge in [-0.25, -0.2) is 0 Å². The second-order valence-corrected chi connectivity index (χ2v) is 7.43. The number of carboxylic acid groups (broad SMARTS) is 1. The number of amidine groups is 1. The Morgan fingerprint density at radius 1 is 1.19 bits per heavy atom. The van der Waals surface area contributed by atoms with E-state index in [1.54, 1.807) is 12.1 Å². The van der Waals surface area contributed by atoms with Gasteiger partial charge in [-0.3, -0.25) is 14.6 Å². The van der Waals surface area contributed by atoms with E-state index in [-0.39, 0.29) is 35.5 Å². The zero-order valence-corrected chi connectivity index (χ0v) is 20.9. The van der Waals surface area contributed by atoms with Gasteiger partial charge in [-0.15, -0.1) is 12.1 Å². The number of aliphatic imine (C=N–C) groups is 1. The summed E-state index contributed by atoms with van der Waals surface area (Å²) in [5.41, 5.74) is 1.65. The molecule has 0 radical (unpaired) electrons. The fourth-order valence-electron chi connectivity index (χ4n) is 2.87. The second-order valence-electron chi connectivity index (χ2n) is 6.40. The zero-order chi connectivity index (χ0) is 22.2. The Morgan fingerprint density at radius 3 is 2.56 bits per heavy atom. The van der Waals surface area contributed by atoms with E-state index < -0.39 is 5.97 Å². The molecule has 0 bridgehead atoms. The van der Waals surface area contributed by atoms with Gasteiger partial charge < -0.3 is 15.2 Å². The van der Waals surface area contributed by atoms with Gasteiger partial charge in [0.05, 0.1) is 11.5 Å². The van der Waals surface area contributed by atoms with Crippen LogP contribution >= 0.6 is 11.8 Å². The Kier molecular flexibility index (Phi) is 9.99. The molecular formula is C24H21N2NaO4S. The third kappa shape index (κ3) is 6.97. The number of thioether (sulfide) groups is 1. The number of carbonyl (C=O) groups is 2. The van der Waals surface area contributed by atoms with E-state index in [4.69, 9.17) is 14.6 Å². The van der Waals surface area contributed by atoms with E-state index in [1.807, 2.05) is 61.5 Å². The maximum atomic E-state index is 12.4. The molecule has 1 aliphatic rings. The van der Waals surface area contributed by atoms with E-state index in [0.29, 0.717) is 16.7 Å². The summed E-state index contributed by atoms with van der Waals surface area (Å²) in [4.78, 5) is 26.4. The van der Waals surface area contributed by atoms with Crippen molar-refractivity contribution in [2.24, 2.45) is 4.99 Å². The predicted molar refractivity (Wildman–Crippen MR) is 125 cm³/mol. The number of carbonyl (C=O) groups excluding carboxylic acids is 1. The molecule has 0 unspecified atom stereocenters. The number of amides is 1. The number of hydrogen-bond acceptors (Lipinski definition) is 5. The number of aliphatic carboxylic acids is 1. The molecule has 0 aliphatic carbocycles. The van der Waals surface area contributed by atoms with Crippen LogP contribution in [0.1, 0.15) is 19.4 Å². The number of fused-ring (bicyclic) bond motifs is 1. The Labute approximate surface area is 213 Å². The Balaban J connectivity index is 0.000000672. The average molecular weight is 456 g/mol. The molecule has 8 heteroatoms. The molecule has 1 aliphatic heterocycles. The molecule has 1 amide bonds. The monoisotopic (exact) mass is 456 g/mol. The molecule has 1 saturated heterocycles. The molecule has 1 fully saturated rings. The van der Waals surface area contributed by atoms with Crippen LogP contribution in [0, 0.1) is 6.07 Å². The van der Waals surface area contributed by atoms with Gasteiger partial charge in [-0.2, -0.15) is 18.2 Å². The number of nitrogens with one attached hydrogen (secondary N) is 1. The van der Waals surface area contributed by atoms with Crippen molar-refractivity contribution in [3.8, 4) is 5.75 Å². The average Bonchev–Trinajstić information content (AvgIpc) is 3.08. The van der Waals surface area contributed by atoms with Gasteiger partial charge in [0, 0.05) is 17.9 Å². The molecular weight excluding hydrogens is 435 g/mol. The molecule has 0 saturated carbocycles. The van der Waals surface area contributed by atoms with Crippen LogP contribution in [0.2, 0.25) is 0 Å². The predicted octanol–water partition coefficient (Wildman–Crippen LogP) is 2.03. The van der Waals surface area contributed by atoms with Crippen molar-refractivity contribution >= 4 is 51.3 Å². The molecule has 4 rings (SSSR count). The maximum absolute atomic E-state index is 12.4. The van der Waals surface area contributed by atoms with Crippen LogP contribution in [-0.4, -0.2) is 28.8 Å². The van der Waals surface area contributed by atoms with E-state index in [9.17, 15) is 4.79 Å². The first-order valence-corrected chi connectivity index (χ1v) is 10.4. The van der Waals surface area contributed by atoms with Crippen molar-refractivity contribution in [1.29, 1.82) is 0 Å². The van der Waals surface area contributed by atoms with Crippen LogP contribution in [0.4, 0.5) is 5.69 Å². The van der Waals surface area contributed by atoms with Gasteiger partial charge in [0.15, 0.2) is 5.17 Å². The van der Waals surface area contributed by atoms with Gasteiger partial charge >= 0.3 is 29.6 Å². The van der Waals surface area contributed by atoms with E-state index in [0.717, 1.165) is 34.7 Å². The number of ether oxygens (including phenoxy) is 1. The zero-order valence-electron chi connectivity index (χ0n) is 18.1. The molecule has 0 aromatic heterocycles. The molecule has 3 aromatic carbocycles. The van der Waals surface area contributed by atoms with Crippen LogP contribution in [0.25, 0.3) is 16.8 Å². The van der Waals surface area contributed by atoms with Gasteiger partial charge in [0.1, 0.15) is 5.75 Å². The van der Waals surface area contributed by atoms with Crippen LogP contribution in [-0.2, 0) is 9.59 Å². The topological polar surface area (TPSA) is 88.0 Å². The first-order chi connectivity index (χ1) is 15.0. The van der Waals surface area contributed by atoms with Crippen LogP contribution in [0.15, 0.2) is 70.6 Å². The summed E-state index contributed by atoms with van der Waals surface area (Å²) in [7, 11) is 0. The summed E-state index contributed by atoms with van der Waals surface area (Å²) in [6.07, 6.45) is 1.86. The van der Waals surface area contributed by atoms with Crippen molar-refractivity contribution in [3.63, 3.8) is 0 Å². The van der Waals surface area contributed by atoms with Crippen LogP contribution < -0.4 is 39.6 Å². The van der Waals surface area contributed by atoms with Crippen molar-refractivity contribution < 1.29 is 49.0 Å². The first kappa shape index (κ1) is 25.7. The quantitative estimate of drug-likeness (QED) is 0.356. The van der Waals surface area contributed by atoms with Gasteiger partial charge in [-0.1, -0.05) is 36.4 Å². The van der Waals surface area contributed by atoms with E-state index in [1.165, 1.54) is 11.8 Å². The smallest absolute Gasteiger partial charge is 0.493 e. The Bertz CT molecular complexity index is 1160. The fourth-order valence-corrected chi connectivity index (χ4v) is 3.70. The summed E-state index contributed by atoms with van der Waals surface area (Å²) in [5, 5.41) is 12.9. The summed E-state index contributed by atoms with van der Waals surface area (Å²) >= 11 is 1.33. The molecule has 32 heavy (non-hydrogen) atoms. The largest absolute Gasteiger partial charge is 1.00 e. The Hall–Kier alpha value is -2.58. The molecule has 3 aromatic rings. The van der Waals surface area contributed by atoms with Gasteiger partial charge in [0.25, 0.3) is 11.9 Å². The van der Waals surface area contributed by atoms with Gasteiger partial charge in [-0.05, 0) is 35.8 Å². The number of nitrogens with zero attached hydrogens (tertiary/aromatic N) is 1.